The molecule has 21 heavy (non-hydrogen) atoms. The van der Waals surface area contributed by atoms with Crippen LogP contribution in [0.15, 0.2) is 54.6 Å². The first-order valence-electron chi connectivity index (χ1n) is 7.07. The second-order valence-corrected chi connectivity index (χ2v) is 4.91. The smallest absolute Gasteiger partial charge is 0.160 e. The Bertz CT molecular complexity index is 759. The zero-order valence-electron chi connectivity index (χ0n) is 12.0. The Morgan fingerprint density at radius 1 is 1.00 bits per heavy atom. The van der Waals surface area contributed by atoms with Crippen LogP contribution in [0.2, 0.25) is 0 Å². The topological polar surface area (TPSA) is 25.8 Å². The van der Waals surface area contributed by atoms with E-state index in [0.29, 0.717) is 0 Å². The summed E-state index contributed by atoms with van der Waals surface area (Å²) in [7, 11) is 0. The van der Waals surface area contributed by atoms with E-state index in [1.165, 1.54) is 0 Å². The van der Waals surface area contributed by atoms with Crippen LogP contribution < -0.4 is 0 Å². The van der Waals surface area contributed by atoms with Gasteiger partial charge in [-0.15, -0.1) is 0 Å². The standard InChI is InChI=1S/C19H16N2/c1-15-14-18(16-10-6-3-2-4-7-11-16)21-19(20-15)17-12-8-5-9-13-17/h5-6,8-14H,3,7H2,1H3/b10-6-,16-11+. The Balaban J connectivity index is 2.05. The molecule has 0 radical (unpaired) electrons. The minimum absolute atomic E-state index is 0.767. The highest BCUT2D eigenvalue weighted by Gasteiger charge is 2.07. The molecule has 2 heteroatoms. The third-order valence-corrected chi connectivity index (χ3v) is 3.25. The highest BCUT2D eigenvalue weighted by molar-refractivity contribution is 5.73. The fourth-order valence-corrected chi connectivity index (χ4v) is 2.24. The number of allylic oxidation sites excluding steroid dienone is 4. The minimum atomic E-state index is 0.767. The summed E-state index contributed by atoms with van der Waals surface area (Å²) in [4.78, 5) is 9.27. The predicted octanol–water partition coefficient (Wildman–Crippen LogP) is 4.19. The Morgan fingerprint density at radius 2 is 1.81 bits per heavy atom. The van der Waals surface area contributed by atoms with Gasteiger partial charge in [0.15, 0.2) is 5.82 Å². The molecule has 2 aromatic rings. The first-order chi connectivity index (χ1) is 10.3. The van der Waals surface area contributed by atoms with Crippen LogP contribution in [0.1, 0.15) is 24.2 Å². The molecule has 1 aliphatic carbocycles. The average Bonchev–Trinajstić information content (AvgIpc) is 2.47. The number of hydrogen-bond donors (Lipinski definition) is 0. The molecule has 0 bridgehead atoms. The van der Waals surface area contributed by atoms with Gasteiger partial charge in [-0.3, -0.25) is 0 Å². The first-order valence-corrected chi connectivity index (χ1v) is 7.07. The van der Waals surface area contributed by atoms with Crippen molar-refractivity contribution in [3.8, 4) is 23.2 Å². The molecular formula is C19H16N2. The number of hydrogen-bond acceptors (Lipinski definition) is 2. The fourth-order valence-electron chi connectivity index (χ4n) is 2.24. The van der Waals surface area contributed by atoms with Crippen molar-refractivity contribution < 1.29 is 0 Å². The molecule has 0 saturated carbocycles. The Hall–Kier alpha value is -2.66. The number of benzene rings is 1. The van der Waals surface area contributed by atoms with Gasteiger partial charge >= 0.3 is 0 Å². The average molecular weight is 272 g/mol. The second-order valence-electron chi connectivity index (χ2n) is 4.91. The molecule has 1 heterocycles. The molecule has 0 fully saturated rings. The Morgan fingerprint density at radius 3 is 2.67 bits per heavy atom. The van der Waals surface area contributed by atoms with Crippen molar-refractivity contribution >= 4 is 5.57 Å². The minimum Gasteiger partial charge on any atom is -0.233 e. The van der Waals surface area contributed by atoms with Crippen LogP contribution in [0.4, 0.5) is 0 Å². The quantitative estimate of drug-likeness (QED) is 0.766. The lowest BCUT2D eigenvalue weighted by atomic mass is 10.1. The van der Waals surface area contributed by atoms with E-state index in [0.717, 1.165) is 41.2 Å². The van der Waals surface area contributed by atoms with E-state index in [1.807, 2.05) is 43.3 Å². The molecule has 0 unspecified atom stereocenters. The highest BCUT2D eigenvalue weighted by Crippen LogP contribution is 2.21. The number of aryl methyl sites for hydroxylation is 1. The lowest BCUT2D eigenvalue weighted by Gasteiger charge is -2.07. The van der Waals surface area contributed by atoms with Gasteiger partial charge in [0.05, 0.1) is 5.69 Å². The van der Waals surface area contributed by atoms with Gasteiger partial charge in [-0.25, -0.2) is 9.97 Å². The van der Waals surface area contributed by atoms with Crippen LogP contribution in [0.5, 0.6) is 0 Å². The summed E-state index contributed by atoms with van der Waals surface area (Å²) in [6.07, 6.45) is 7.87. The lowest BCUT2D eigenvalue weighted by Crippen LogP contribution is -1.97. The van der Waals surface area contributed by atoms with Crippen molar-refractivity contribution in [1.82, 2.24) is 9.97 Å². The van der Waals surface area contributed by atoms with Gasteiger partial charge in [0.1, 0.15) is 0 Å². The third-order valence-electron chi connectivity index (χ3n) is 3.25. The number of rotatable bonds is 2. The number of nitrogens with zero attached hydrogens (tertiary/aromatic N) is 2. The van der Waals surface area contributed by atoms with Crippen LogP contribution in [-0.4, -0.2) is 9.97 Å². The SMILES string of the molecule is Cc1cc(C2=C/CC#CC/C=C\2)nc(-c2ccccc2)n1. The Kier molecular flexibility index (Phi) is 3.93. The summed E-state index contributed by atoms with van der Waals surface area (Å²) in [5, 5.41) is 0. The molecule has 1 aromatic carbocycles. The first kappa shape index (κ1) is 13.3. The normalized spacial score (nSPS) is 17.7. The fraction of sp³-hybridized carbons (Fsp3) is 0.158. The molecule has 1 aromatic heterocycles. The van der Waals surface area contributed by atoms with Gasteiger partial charge in [-0.2, -0.15) is 0 Å². The van der Waals surface area contributed by atoms with Gasteiger partial charge in [-0.1, -0.05) is 60.4 Å². The molecule has 0 amide bonds. The van der Waals surface area contributed by atoms with Gasteiger partial charge in [-0.05, 0) is 18.6 Å². The van der Waals surface area contributed by atoms with Crippen LogP contribution in [0.25, 0.3) is 17.0 Å². The summed E-state index contributed by atoms with van der Waals surface area (Å²) >= 11 is 0. The largest absolute Gasteiger partial charge is 0.233 e. The van der Waals surface area contributed by atoms with Crippen molar-refractivity contribution in [2.24, 2.45) is 0 Å². The van der Waals surface area contributed by atoms with Gasteiger partial charge < -0.3 is 0 Å². The molecule has 1 aliphatic rings. The summed E-state index contributed by atoms with van der Waals surface area (Å²) in [5.41, 5.74) is 4.09. The van der Waals surface area contributed by atoms with Crippen LogP contribution >= 0.6 is 0 Å². The van der Waals surface area contributed by atoms with Crippen molar-refractivity contribution in [3.05, 3.63) is 66.0 Å². The van der Waals surface area contributed by atoms with Gasteiger partial charge in [0, 0.05) is 24.1 Å². The van der Waals surface area contributed by atoms with E-state index in [1.54, 1.807) is 0 Å². The molecule has 0 N–H and O–H groups in total. The maximum absolute atomic E-state index is 4.72. The van der Waals surface area contributed by atoms with Crippen molar-refractivity contribution in [2.45, 2.75) is 19.8 Å². The summed E-state index contributed by atoms with van der Waals surface area (Å²) in [6.45, 7) is 2.00. The van der Waals surface area contributed by atoms with Gasteiger partial charge in [0.25, 0.3) is 0 Å². The molecule has 0 aliphatic heterocycles. The second kappa shape index (κ2) is 6.19. The lowest BCUT2D eigenvalue weighted by molar-refractivity contribution is 1.09. The zero-order chi connectivity index (χ0) is 14.5. The number of aromatic nitrogens is 2. The molecule has 2 nitrogen and oxygen atoms in total. The highest BCUT2D eigenvalue weighted by atomic mass is 14.9. The van der Waals surface area contributed by atoms with Crippen LogP contribution in [0, 0.1) is 18.8 Å². The molecule has 0 saturated heterocycles. The molecular weight excluding hydrogens is 256 g/mol. The Labute approximate surface area is 125 Å². The maximum atomic E-state index is 4.72. The molecule has 102 valence electrons. The maximum Gasteiger partial charge on any atom is 0.160 e. The molecule has 0 atom stereocenters. The summed E-state index contributed by atoms with van der Waals surface area (Å²) in [5.74, 6) is 6.99. The molecule has 3 rings (SSSR count). The van der Waals surface area contributed by atoms with E-state index >= 15 is 0 Å². The summed E-state index contributed by atoms with van der Waals surface area (Å²) < 4.78 is 0. The third kappa shape index (κ3) is 3.27. The van der Waals surface area contributed by atoms with E-state index < -0.39 is 0 Å². The molecule has 0 spiro atoms. The van der Waals surface area contributed by atoms with Crippen LogP contribution in [-0.2, 0) is 0 Å². The van der Waals surface area contributed by atoms with E-state index in [9.17, 15) is 0 Å². The van der Waals surface area contributed by atoms with Crippen molar-refractivity contribution in [1.29, 1.82) is 0 Å². The van der Waals surface area contributed by atoms with Crippen molar-refractivity contribution in [3.63, 3.8) is 0 Å². The zero-order valence-corrected chi connectivity index (χ0v) is 12.0. The van der Waals surface area contributed by atoms with Crippen molar-refractivity contribution in [2.75, 3.05) is 0 Å². The van der Waals surface area contributed by atoms with E-state index in [2.05, 4.69) is 35.1 Å². The van der Waals surface area contributed by atoms with E-state index in [4.69, 9.17) is 4.98 Å². The van der Waals surface area contributed by atoms with E-state index in [-0.39, 0.29) is 0 Å². The monoisotopic (exact) mass is 272 g/mol. The summed E-state index contributed by atoms with van der Waals surface area (Å²) in [6, 6.07) is 12.1. The van der Waals surface area contributed by atoms with Gasteiger partial charge in [0.2, 0.25) is 0 Å². The van der Waals surface area contributed by atoms with Crippen LogP contribution in [0.3, 0.4) is 0 Å². The predicted molar refractivity (Wildman–Crippen MR) is 86.3 cm³/mol.